The number of aromatic nitrogens is 1. The van der Waals surface area contributed by atoms with Crippen LogP contribution in [0.2, 0.25) is 14.8 Å². The Morgan fingerprint density at radius 2 is 1.88 bits per heavy atom. The molecule has 16 heavy (non-hydrogen) atoms. The molecule has 0 N–H and O–H groups in total. The second-order valence-corrected chi connectivity index (χ2v) is 19.0. The van der Waals surface area contributed by atoms with Gasteiger partial charge in [0.1, 0.15) is 0 Å². The van der Waals surface area contributed by atoms with E-state index < -0.39 is 31.2 Å². The molecule has 0 aliphatic carbocycles. The van der Waals surface area contributed by atoms with Crippen molar-refractivity contribution in [3.63, 3.8) is 0 Å². The van der Waals surface area contributed by atoms with Crippen LogP contribution in [0.3, 0.4) is 0 Å². The summed E-state index contributed by atoms with van der Waals surface area (Å²) in [5.74, 6) is 0.0246. The van der Waals surface area contributed by atoms with Crippen molar-refractivity contribution in [1.29, 1.82) is 0 Å². The molecule has 0 amide bonds. The van der Waals surface area contributed by atoms with E-state index >= 15 is 0 Å². The van der Waals surface area contributed by atoms with Gasteiger partial charge in [0.15, 0.2) is 0 Å². The molecule has 0 bridgehead atoms. The van der Waals surface area contributed by atoms with E-state index in [1.165, 1.54) is 6.07 Å². The third-order valence-electron chi connectivity index (χ3n) is 1.99. The summed E-state index contributed by atoms with van der Waals surface area (Å²) in [6.45, 7) is -1.29. The fourth-order valence-corrected chi connectivity index (χ4v) is 4.02. The third-order valence-corrected chi connectivity index (χ3v) is 7.77. The fraction of sp³-hybridized carbons (Fsp3) is 0.500. The van der Waals surface area contributed by atoms with E-state index in [2.05, 4.69) is 24.5 Å². The van der Waals surface area contributed by atoms with Crippen molar-refractivity contribution in [3.8, 4) is 5.88 Å². The Bertz CT molecular complexity index is 343. The summed E-state index contributed by atoms with van der Waals surface area (Å²) < 4.78 is 41.3. The summed E-state index contributed by atoms with van der Waals surface area (Å²) in [6, 6.07) is 3.32. The Morgan fingerprint density at radius 1 is 1.25 bits per heavy atom. The predicted molar refractivity (Wildman–Crippen MR) is 58.8 cm³/mol. The number of ether oxygens (including phenoxy) is 1. The van der Waals surface area contributed by atoms with Crippen LogP contribution in [-0.2, 0) is 0 Å². The van der Waals surface area contributed by atoms with Gasteiger partial charge >= 0.3 is 96.7 Å². The molecule has 0 spiro atoms. The van der Waals surface area contributed by atoms with Gasteiger partial charge in [-0.05, 0) is 0 Å². The van der Waals surface area contributed by atoms with Gasteiger partial charge in [-0.2, -0.15) is 0 Å². The standard InChI is InChI=1S/C7H5F3NO.3CH3.Sn/c8-7(9,10)5-12-6-3-1-2-4-11-6;;;;/h1,3-4H,5H2;3*1H3;. The van der Waals surface area contributed by atoms with E-state index in [0.717, 1.165) is 3.58 Å². The number of halogens is 3. The molecule has 1 rings (SSSR count). The van der Waals surface area contributed by atoms with Crippen LogP contribution in [0.4, 0.5) is 13.2 Å². The molecule has 0 saturated carbocycles. The molecule has 0 aliphatic heterocycles. The molecule has 0 fully saturated rings. The molecule has 1 aromatic heterocycles. The molecular formula is C10H14F3NOSn. The molecule has 0 unspecified atom stereocenters. The number of alkyl halides is 3. The molecule has 0 saturated heterocycles. The molecule has 90 valence electrons. The normalized spacial score (nSPS) is 12.6. The zero-order valence-electron chi connectivity index (χ0n) is 9.43. The van der Waals surface area contributed by atoms with Crippen molar-refractivity contribution in [2.45, 2.75) is 21.0 Å². The van der Waals surface area contributed by atoms with Crippen molar-refractivity contribution in [2.24, 2.45) is 0 Å². The second kappa shape index (κ2) is 4.81. The average Bonchev–Trinajstić information content (AvgIpc) is 2.13. The van der Waals surface area contributed by atoms with Crippen LogP contribution in [0.1, 0.15) is 0 Å². The summed E-state index contributed by atoms with van der Waals surface area (Å²) in [7, 11) is 0. The van der Waals surface area contributed by atoms with Gasteiger partial charge in [-0.3, -0.25) is 0 Å². The first kappa shape index (κ1) is 13.6. The van der Waals surface area contributed by atoms with Crippen molar-refractivity contribution >= 4 is 22.0 Å². The zero-order valence-corrected chi connectivity index (χ0v) is 12.3. The number of nitrogens with zero attached hydrogens (tertiary/aromatic N) is 1. The summed E-state index contributed by atoms with van der Waals surface area (Å²) in [5, 5.41) is 0. The van der Waals surface area contributed by atoms with Gasteiger partial charge in [0.25, 0.3) is 0 Å². The molecule has 2 nitrogen and oxygen atoms in total. The molecule has 6 heteroatoms. The summed E-state index contributed by atoms with van der Waals surface area (Å²) in [6.07, 6.45) is -2.69. The van der Waals surface area contributed by atoms with Gasteiger partial charge in [0, 0.05) is 0 Å². The van der Waals surface area contributed by atoms with Crippen LogP contribution in [0.5, 0.6) is 5.88 Å². The first-order valence-electron chi connectivity index (χ1n) is 4.84. The summed E-state index contributed by atoms with van der Waals surface area (Å²) >= 11 is -2.16. The molecule has 0 aromatic carbocycles. The molecule has 1 aromatic rings. The molecule has 0 atom stereocenters. The molecule has 1 heterocycles. The van der Waals surface area contributed by atoms with Crippen LogP contribution in [-0.4, -0.2) is 36.1 Å². The number of pyridine rings is 1. The zero-order chi connectivity index (χ0) is 12.4. The Balaban J connectivity index is 2.66. The Hall–Kier alpha value is -0.461. The predicted octanol–water partition coefficient (Wildman–Crippen LogP) is 2.57. The number of hydrogen-bond acceptors (Lipinski definition) is 2. The van der Waals surface area contributed by atoms with E-state index in [1.54, 1.807) is 6.20 Å². The number of hydrogen-bond donors (Lipinski definition) is 0. The van der Waals surface area contributed by atoms with E-state index in [0.29, 0.717) is 0 Å². The fourth-order valence-electron chi connectivity index (χ4n) is 1.07. The van der Waals surface area contributed by atoms with Crippen molar-refractivity contribution in [3.05, 3.63) is 18.3 Å². The van der Waals surface area contributed by atoms with E-state index in [4.69, 9.17) is 0 Å². The van der Waals surface area contributed by atoms with Gasteiger partial charge in [0.2, 0.25) is 0 Å². The first-order valence-corrected chi connectivity index (χ1v) is 14.8. The summed E-state index contributed by atoms with van der Waals surface area (Å²) in [5.41, 5.74) is 0. The molecular weight excluding hydrogens is 326 g/mol. The molecule has 0 aliphatic rings. The second-order valence-electron chi connectivity index (χ2n) is 4.54. The molecule has 0 radical (unpaired) electrons. The Kier molecular flexibility index (Phi) is 4.09. The SMILES string of the molecule is [CH3][Sn]([CH3])([CH3])[c]1ccc(OCC(F)(F)F)nc1. The van der Waals surface area contributed by atoms with Crippen LogP contribution >= 0.6 is 0 Å². The maximum atomic E-state index is 11.9. The Labute approximate surface area is 96.7 Å². The van der Waals surface area contributed by atoms with Gasteiger partial charge in [-0.15, -0.1) is 0 Å². The monoisotopic (exact) mass is 341 g/mol. The van der Waals surface area contributed by atoms with E-state index in [9.17, 15) is 13.2 Å². The van der Waals surface area contributed by atoms with Crippen LogP contribution in [0.15, 0.2) is 18.3 Å². The minimum atomic E-state index is -4.32. The van der Waals surface area contributed by atoms with Crippen molar-refractivity contribution in [2.75, 3.05) is 6.61 Å². The topological polar surface area (TPSA) is 22.1 Å². The van der Waals surface area contributed by atoms with Gasteiger partial charge in [-0.25, -0.2) is 0 Å². The van der Waals surface area contributed by atoms with Crippen LogP contribution < -0.4 is 8.32 Å². The Morgan fingerprint density at radius 3 is 2.25 bits per heavy atom. The third kappa shape index (κ3) is 4.59. The minimum absolute atomic E-state index is 0.0246. The van der Waals surface area contributed by atoms with Gasteiger partial charge < -0.3 is 0 Å². The maximum absolute atomic E-state index is 11.9. The number of rotatable bonds is 3. The van der Waals surface area contributed by atoms with Crippen LogP contribution in [0, 0.1) is 0 Å². The van der Waals surface area contributed by atoms with Crippen molar-refractivity contribution < 1.29 is 17.9 Å². The van der Waals surface area contributed by atoms with E-state index in [1.807, 2.05) is 6.07 Å². The van der Waals surface area contributed by atoms with Crippen molar-refractivity contribution in [1.82, 2.24) is 4.98 Å². The van der Waals surface area contributed by atoms with Gasteiger partial charge in [-0.1, -0.05) is 0 Å². The summed E-state index contributed by atoms with van der Waals surface area (Å²) in [4.78, 5) is 10.5. The first-order chi connectivity index (χ1) is 7.18. The van der Waals surface area contributed by atoms with Gasteiger partial charge in [0.05, 0.1) is 0 Å². The quantitative estimate of drug-likeness (QED) is 0.790. The van der Waals surface area contributed by atoms with E-state index in [-0.39, 0.29) is 5.88 Å². The average molecular weight is 340 g/mol. The van der Waals surface area contributed by atoms with Crippen LogP contribution in [0.25, 0.3) is 0 Å².